The summed E-state index contributed by atoms with van der Waals surface area (Å²) in [6, 6.07) is 3.66. The van der Waals surface area contributed by atoms with Gasteiger partial charge in [-0.3, -0.25) is 9.79 Å². The summed E-state index contributed by atoms with van der Waals surface area (Å²) in [6.07, 6.45) is 1.47. The lowest BCUT2D eigenvalue weighted by molar-refractivity contribution is -0.142. The third-order valence-electron chi connectivity index (χ3n) is 5.37. The topological polar surface area (TPSA) is 57.2 Å². The summed E-state index contributed by atoms with van der Waals surface area (Å²) in [5.74, 6) is -0.447. The van der Waals surface area contributed by atoms with Crippen molar-refractivity contribution in [1.29, 1.82) is 0 Å². The van der Waals surface area contributed by atoms with Gasteiger partial charge >= 0.3 is 0 Å². The molecule has 0 aliphatic carbocycles. The Morgan fingerprint density at radius 2 is 1.97 bits per heavy atom. The molecule has 0 radical (unpaired) electrons. The number of piperazine rings is 1. The maximum absolute atomic E-state index is 14.0. The number of nitrogens with one attached hydrogen (secondary N) is 1. The summed E-state index contributed by atoms with van der Waals surface area (Å²) >= 11 is 0. The molecule has 3 rings (SSSR count). The molecule has 2 aliphatic rings. The molecule has 2 aliphatic heterocycles. The summed E-state index contributed by atoms with van der Waals surface area (Å²) in [5, 5.41) is 3.27. The summed E-state index contributed by atoms with van der Waals surface area (Å²) in [5.41, 5.74) is 0.469. The van der Waals surface area contributed by atoms with E-state index in [2.05, 4.69) is 15.2 Å². The number of hydrogen-bond acceptors (Lipinski definition) is 3. The van der Waals surface area contributed by atoms with E-state index >= 15 is 0 Å². The van der Waals surface area contributed by atoms with E-state index in [0.29, 0.717) is 44.9 Å². The predicted octanol–water partition coefficient (Wildman–Crippen LogP) is 2.58. The molecule has 2 saturated heterocycles. The van der Waals surface area contributed by atoms with Crippen LogP contribution >= 0.6 is 24.0 Å². The molecule has 29 heavy (non-hydrogen) atoms. The van der Waals surface area contributed by atoms with Gasteiger partial charge in [0.25, 0.3) is 5.91 Å². The van der Waals surface area contributed by atoms with Gasteiger partial charge in [0.15, 0.2) is 5.96 Å². The van der Waals surface area contributed by atoms with Gasteiger partial charge in [-0.15, -0.1) is 24.0 Å². The molecule has 2 heterocycles. The van der Waals surface area contributed by atoms with Crippen molar-refractivity contribution in [2.45, 2.75) is 31.8 Å². The van der Waals surface area contributed by atoms with Crippen LogP contribution in [0.2, 0.25) is 0 Å². The third-order valence-corrected chi connectivity index (χ3v) is 5.37. The van der Waals surface area contributed by atoms with Crippen molar-refractivity contribution in [2.24, 2.45) is 4.99 Å². The van der Waals surface area contributed by atoms with Crippen molar-refractivity contribution in [3.63, 3.8) is 0 Å². The number of aliphatic imine (C=N–C) groups is 1. The van der Waals surface area contributed by atoms with Crippen molar-refractivity contribution in [3.05, 3.63) is 35.4 Å². The zero-order valence-corrected chi connectivity index (χ0v) is 19.2. The smallest absolute Gasteiger partial charge is 0.251 e. The number of amides is 1. The SMILES string of the molecule is CN=C(NCC(C)c1ccc(F)cc1F)N1CCN(C(=O)C2CCCO2)CC1.I. The van der Waals surface area contributed by atoms with Gasteiger partial charge in [0.2, 0.25) is 0 Å². The van der Waals surface area contributed by atoms with Crippen LogP contribution in [0.15, 0.2) is 23.2 Å². The van der Waals surface area contributed by atoms with E-state index in [1.807, 2.05) is 11.8 Å². The molecule has 0 spiro atoms. The average Bonchev–Trinajstić information content (AvgIpc) is 3.23. The lowest BCUT2D eigenvalue weighted by Gasteiger charge is -2.37. The van der Waals surface area contributed by atoms with Crippen molar-refractivity contribution >= 4 is 35.8 Å². The number of hydrogen-bond donors (Lipinski definition) is 1. The van der Waals surface area contributed by atoms with Crippen LogP contribution in [0, 0.1) is 11.6 Å². The molecule has 1 aromatic carbocycles. The van der Waals surface area contributed by atoms with Crippen LogP contribution in [0.4, 0.5) is 8.78 Å². The lowest BCUT2D eigenvalue weighted by atomic mass is 10.0. The highest BCUT2D eigenvalue weighted by atomic mass is 127. The van der Waals surface area contributed by atoms with E-state index in [1.54, 1.807) is 7.05 Å². The number of ether oxygens (including phenoxy) is 1. The van der Waals surface area contributed by atoms with E-state index in [9.17, 15) is 13.6 Å². The van der Waals surface area contributed by atoms with Gasteiger partial charge in [-0.2, -0.15) is 0 Å². The second-order valence-corrected chi connectivity index (χ2v) is 7.31. The fourth-order valence-electron chi connectivity index (χ4n) is 3.70. The Labute approximate surface area is 187 Å². The van der Waals surface area contributed by atoms with Gasteiger partial charge in [-0.25, -0.2) is 8.78 Å². The van der Waals surface area contributed by atoms with E-state index in [1.165, 1.54) is 12.1 Å². The maximum Gasteiger partial charge on any atom is 0.251 e. The van der Waals surface area contributed by atoms with Crippen molar-refractivity contribution in [3.8, 4) is 0 Å². The Hall–Kier alpha value is -1.49. The summed E-state index contributed by atoms with van der Waals surface area (Å²) in [6.45, 7) is 5.64. The van der Waals surface area contributed by atoms with Gasteiger partial charge in [0, 0.05) is 58.4 Å². The average molecular weight is 522 g/mol. The molecule has 1 N–H and O–H groups in total. The first kappa shape index (κ1) is 23.8. The number of rotatable bonds is 4. The first-order valence-corrected chi connectivity index (χ1v) is 9.80. The van der Waals surface area contributed by atoms with Gasteiger partial charge in [0.1, 0.15) is 17.7 Å². The molecule has 1 aromatic rings. The number of nitrogens with zero attached hydrogens (tertiary/aromatic N) is 3. The lowest BCUT2D eigenvalue weighted by Crippen LogP contribution is -2.55. The Kier molecular flexibility index (Phi) is 9.06. The molecule has 2 atom stereocenters. The monoisotopic (exact) mass is 522 g/mol. The fraction of sp³-hybridized carbons (Fsp3) is 0.600. The van der Waals surface area contributed by atoms with Gasteiger partial charge in [-0.05, 0) is 24.5 Å². The normalized spacial score (nSPS) is 21.0. The predicted molar refractivity (Wildman–Crippen MR) is 119 cm³/mol. The Morgan fingerprint density at radius 3 is 2.55 bits per heavy atom. The Balaban J connectivity index is 0.00000300. The number of benzene rings is 1. The molecule has 6 nitrogen and oxygen atoms in total. The largest absolute Gasteiger partial charge is 0.368 e. The molecule has 0 aromatic heterocycles. The molecule has 2 unspecified atom stereocenters. The molecule has 0 saturated carbocycles. The van der Waals surface area contributed by atoms with Crippen LogP contribution in [-0.4, -0.2) is 74.1 Å². The summed E-state index contributed by atoms with van der Waals surface area (Å²) in [7, 11) is 1.70. The minimum Gasteiger partial charge on any atom is -0.368 e. The highest BCUT2D eigenvalue weighted by molar-refractivity contribution is 14.0. The molecule has 9 heteroatoms. The maximum atomic E-state index is 14.0. The first-order chi connectivity index (χ1) is 13.5. The zero-order valence-electron chi connectivity index (χ0n) is 16.9. The number of halogens is 3. The fourth-order valence-corrected chi connectivity index (χ4v) is 3.70. The second kappa shape index (κ2) is 11.1. The van der Waals surface area contributed by atoms with E-state index in [4.69, 9.17) is 4.74 Å². The van der Waals surface area contributed by atoms with Crippen molar-refractivity contribution < 1.29 is 18.3 Å². The number of guanidine groups is 1. The van der Waals surface area contributed by atoms with Crippen LogP contribution in [0.25, 0.3) is 0 Å². The second-order valence-electron chi connectivity index (χ2n) is 7.31. The molecule has 162 valence electrons. The van der Waals surface area contributed by atoms with E-state index in [0.717, 1.165) is 24.9 Å². The molecular formula is C20H29F2IN4O2. The van der Waals surface area contributed by atoms with Crippen LogP contribution in [0.3, 0.4) is 0 Å². The molecular weight excluding hydrogens is 493 g/mol. The molecule has 1 amide bonds. The standard InChI is InChI=1S/C20H28F2N4O2.HI/c1-14(16-6-5-15(21)12-17(16)22)13-24-20(23-2)26-9-7-25(8-10-26)19(27)18-4-3-11-28-18;/h5-6,12,14,18H,3-4,7-11,13H2,1-2H3,(H,23,24);1H. The third kappa shape index (κ3) is 6.00. The number of carbonyl (C=O) groups is 1. The minimum absolute atomic E-state index is 0. The quantitative estimate of drug-likeness (QED) is 0.376. The molecule has 2 fully saturated rings. The van der Waals surface area contributed by atoms with Crippen LogP contribution in [0.1, 0.15) is 31.2 Å². The van der Waals surface area contributed by atoms with Crippen molar-refractivity contribution in [1.82, 2.24) is 15.1 Å². The van der Waals surface area contributed by atoms with Gasteiger partial charge in [0.05, 0.1) is 0 Å². The Morgan fingerprint density at radius 1 is 1.28 bits per heavy atom. The van der Waals surface area contributed by atoms with Crippen molar-refractivity contribution in [2.75, 3.05) is 46.4 Å². The summed E-state index contributed by atoms with van der Waals surface area (Å²) < 4.78 is 32.5. The highest BCUT2D eigenvalue weighted by Gasteiger charge is 2.31. The molecule has 0 bridgehead atoms. The number of carbonyl (C=O) groups excluding carboxylic acids is 1. The van der Waals surface area contributed by atoms with Crippen LogP contribution < -0.4 is 5.32 Å². The minimum atomic E-state index is -0.576. The van der Waals surface area contributed by atoms with Crippen LogP contribution in [-0.2, 0) is 9.53 Å². The van der Waals surface area contributed by atoms with Crippen LogP contribution in [0.5, 0.6) is 0 Å². The van der Waals surface area contributed by atoms with E-state index in [-0.39, 0.29) is 41.9 Å². The highest BCUT2D eigenvalue weighted by Crippen LogP contribution is 2.19. The zero-order chi connectivity index (χ0) is 20.1. The van der Waals surface area contributed by atoms with E-state index < -0.39 is 11.6 Å². The van der Waals surface area contributed by atoms with Gasteiger partial charge < -0.3 is 19.9 Å². The Bertz CT molecular complexity index is 720. The van der Waals surface area contributed by atoms with Gasteiger partial charge in [-0.1, -0.05) is 13.0 Å². The first-order valence-electron chi connectivity index (χ1n) is 9.80. The summed E-state index contributed by atoms with van der Waals surface area (Å²) in [4.78, 5) is 20.7.